The van der Waals surface area contributed by atoms with Crippen molar-refractivity contribution in [1.29, 1.82) is 0 Å². The van der Waals surface area contributed by atoms with Crippen LogP contribution in [0.15, 0.2) is 16.6 Å². The number of rotatable bonds is 1. The minimum atomic E-state index is -0.159. The highest BCUT2D eigenvalue weighted by Crippen LogP contribution is 2.36. The second kappa shape index (κ2) is 3.39. The smallest absolute Gasteiger partial charge is 0.140 e. The number of hydrogen-bond donors (Lipinski definition) is 1. The summed E-state index contributed by atoms with van der Waals surface area (Å²) in [7, 11) is 0. The van der Waals surface area contributed by atoms with E-state index in [0.717, 1.165) is 24.0 Å². The number of halogens is 2. The lowest BCUT2D eigenvalue weighted by Gasteiger charge is -2.07. The minimum absolute atomic E-state index is 0.119. The molecule has 0 heterocycles. The Labute approximate surface area is 84.7 Å². The van der Waals surface area contributed by atoms with E-state index in [-0.39, 0.29) is 18.3 Å². The van der Waals surface area contributed by atoms with Gasteiger partial charge in [0.25, 0.3) is 0 Å². The Bertz CT molecular complexity index is 338. The first-order valence-corrected chi connectivity index (χ1v) is 5.11. The van der Waals surface area contributed by atoms with Crippen molar-refractivity contribution in [2.75, 3.05) is 6.61 Å². The summed E-state index contributed by atoms with van der Waals surface area (Å²) in [5.41, 5.74) is 1.75. The Morgan fingerprint density at radius 1 is 1.54 bits per heavy atom. The van der Waals surface area contributed by atoms with Gasteiger partial charge < -0.3 is 5.11 Å². The molecule has 0 amide bonds. The zero-order valence-corrected chi connectivity index (χ0v) is 8.64. The molecule has 1 aromatic rings. The van der Waals surface area contributed by atoms with Crippen molar-refractivity contribution in [3.63, 3.8) is 0 Å². The molecule has 1 aromatic carbocycles. The number of hydrogen-bond acceptors (Lipinski definition) is 1. The third-order valence-electron chi connectivity index (χ3n) is 2.64. The van der Waals surface area contributed by atoms with Gasteiger partial charge in [0, 0.05) is 12.5 Å². The van der Waals surface area contributed by atoms with E-state index < -0.39 is 0 Å². The monoisotopic (exact) mass is 244 g/mol. The molecule has 0 saturated heterocycles. The lowest BCUT2D eigenvalue weighted by Crippen LogP contribution is -1.99. The molecular formula is C10H10BrFO. The summed E-state index contributed by atoms with van der Waals surface area (Å²) >= 11 is 3.15. The first-order chi connectivity index (χ1) is 6.24. The van der Waals surface area contributed by atoms with Crippen LogP contribution in [0.5, 0.6) is 0 Å². The van der Waals surface area contributed by atoms with E-state index in [1.807, 2.05) is 6.07 Å². The molecule has 3 heteroatoms. The van der Waals surface area contributed by atoms with Gasteiger partial charge in [0.1, 0.15) is 5.82 Å². The average molecular weight is 245 g/mol. The normalized spacial score (nSPS) is 20.4. The molecule has 0 radical (unpaired) electrons. The molecule has 1 aliphatic rings. The summed E-state index contributed by atoms with van der Waals surface area (Å²) in [6.07, 6.45) is 1.60. The Morgan fingerprint density at radius 2 is 2.31 bits per heavy atom. The number of aliphatic hydroxyl groups excluding tert-OH is 1. The third kappa shape index (κ3) is 1.40. The van der Waals surface area contributed by atoms with Crippen molar-refractivity contribution in [1.82, 2.24) is 0 Å². The van der Waals surface area contributed by atoms with Gasteiger partial charge in [0.2, 0.25) is 0 Å². The molecule has 70 valence electrons. The fourth-order valence-electron chi connectivity index (χ4n) is 1.91. The summed E-state index contributed by atoms with van der Waals surface area (Å²) in [5, 5.41) is 9.04. The van der Waals surface area contributed by atoms with Crippen LogP contribution >= 0.6 is 15.9 Å². The van der Waals surface area contributed by atoms with Crippen molar-refractivity contribution in [3.05, 3.63) is 33.5 Å². The van der Waals surface area contributed by atoms with E-state index in [1.165, 1.54) is 0 Å². The Kier molecular flexibility index (Phi) is 2.39. The van der Waals surface area contributed by atoms with Crippen molar-refractivity contribution in [2.45, 2.75) is 18.8 Å². The van der Waals surface area contributed by atoms with Gasteiger partial charge in [-0.15, -0.1) is 0 Å². The molecule has 0 saturated carbocycles. The van der Waals surface area contributed by atoms with Gasteiger partial charge in [-0.25, -0.2) is 4.39 Å². The van der Waals surface area contributed by atoms with Crippen molar-refractivity contribution in [2.24, 2.45) is 0 Å². The zero-order valence-electron chi connectivity index (χ0n) is 7.06. The average Bonchev–Trinajstić information content (AvgIpc) is 2.55. The van der Waals surface area contributed by atoms with E-state index in [4.69, 9.17) is 5.11 Å². The lowest BCUT2D eigenvalue weighted by molar-refractivity contribution is 0.265. The maximum absolute atomic E-state index is 13.5. The molecule has 2 rings (SSSR count). The zero-order chi connectivity index (χ0) is 9.42. The van der Waals surface area contributed by atoms with Crippen LogP contribution in [0.3, 0.4) is 0 Å². The topological polar surface area (TPSA) is 20.2 Å². The Hall–Kier alpha value is -0.410. The van der Waals surface area contributed by atoms with Gasteiger partial charge in [-0.2, -0.15) is 0 Å². The molecule has 0 unspecified atom stereocenters. The third-order valence-corrected chi connectivity index (χ3v) is 3.25. The molecular weight excluding hydrogens is 235 g/mol. The van der Waals surface area contributed by atoms with Gasteiger partial charge in [-0.3, -0.25) is 0 Å². The van der Waals surface area contributed by atoms with Crippen LogP contribution in [0.25, 0.3) is 0 Å². The highest BCUT2D eigenvalue weighted by atomic mass is 79.9. The predicted molar refractivity (Wildman–Crippen MR) is 52.2 cm³/mol. The molecule has 1 aliphatic carbocycles. The second-order valence-electron chi connectivity index (χ2n) is 3.35. The fourth-order valence-corrected chi connectivity index (χ4v) is 2.28. The lowest BCUT2D eigenvalue weighted by atomic mass is 10.0. The number of benzene rings is 1. The van der Waals surface area contributed by atoms with Crippen LogP contribution < -0.4 is 0 Å². The van der Waals surface area contributed by atoms with Crippen LogP contribution in [0.4, 0.5) is 4.39 Å². The first kappa shape index (κ1) is 9.16. The summed E-state index contributed by atoms with van der Waals surface area (Å²) in [6, 6.07) is 3.61. The summed E-state index contributed by atoms with van der Waals surface area (Å²) in [6.45, 7) is 0.119. The summed E-state index contributed by atoms with van der Waals surface area (Å²) in [5.74, 6) is -0.0222. The van der Waals surface area contributed by atoms with Crippen LogP contribution in [0.1, 0.15) is 23.5 Å². The maximum Gasteiger partial charge on any atom is 0.140 e. The summed E-state index contributed by atoms with van der Waals surface area (Å²) < 4.78 is 14.0. The molecule has 1 atom stereocenters. The quantitative estimate of drug-likeness (QED) is 0.806. The van der Waals surface area contributed by atoms with E-state index in [2.05, 4.69) is 15.9 Å². The molecule has 1 N–H and O–H groups in total. The van der Waals surface area contributed by atoms with Crippen molar-refractivity contribution >= 4 is 15.9 Å². The summed E-state index contributed by atoms with van der Waals surface area (Å²) in [4.78, 5) is 0. The fraction of sp³-hybridized carbons (Fsp3) is 0.400. The number of aliphatic hydroxyl groups is 1. The van der Waals surface area contributed by atoms with Crippen LogP contribution in [-0.4, -0.2) is 11.7 Å². The highest BCUT2D eigenvalue weighted by molar-refractivity contribution is 9.10. The highest BCUT2D eigenvalue weighted by Gasteiger charge is 2.25. The molecule has 0 bridgehead atoms. The van der Waals surface area contributed by atoms with Crippen LogP contribution in [0.2, 0.25) is 0 Å². The van der Waals surface area contributed by atoms with Gasteiger partial charge >= 0.3 is 0 Å². The SMILES string of the molecule is OC[C@@H]1CCc2c1ccc(Br)c2F. The van der Waals surface area contributed by atoms with E-state index in [0.29, 0.717) is 4.47 Å². The van der Waals surface area contributed by atoms with Crippen molar-refractivity contribution < 1.29 is 9.50 Å². The number of fused-ring (bicyclic) bond motifs is 1. The molecule has 0 aliphatic heterocycles. The minimum Gasteiger partial charge on any atom is -0.396 e. The Balaban J connectivity index is 2.50. The van der Waals surface area contributed by atoms with Gasteiger partial charge in [-0.1, -0.05) is 6.07 Å². The van der Waals surface area contributed by atoms with Crippen LogP contribution in [0, 0.1) is 5.82 Å². The molecule has 0 spiro atoms. The largest absolute Gasteiger partial charge is 0.396 e. The first-order valence-electron chi connectivity index (χ1n) is 4.31. The van der Waals surface area contributed by atoms with Gasteiger partial charge in [0.05, 0.1) is 4.47 Å². The second-order valence-corrected chi connectivity index (χ2v) is 4.20. The Morgan fingerprint density at radius 3 is 3.00 bits per heavy atom. The van der Waals surface area contributed by atoms with Gasteiger partial charge in [-0.05, 0) is 46.0 Å². The van der Waals surface area contributed by atoms with E-state index in [9.17, 15) is 4.39 Å². The molecule has 1 nitrogen and oxygen atoms in total. The predicted octanol–water partition coefficient (Wildman–Crippen LogP) is 2.61. The van der Waals surface area contributed by atoms with Gasteiger partial charge in [0.15, 0.2) is 0 Å². The standard InChI is InChI=1S/C10H10BrFO/c11-9-4-3-7-6(5-13)1-2-8(7)10(9)12/h3-4,6,13H,1-2,5H2/t6-/m0/s1. The van der Waals surface area contributed by atoms with E-state index in [1.54, 1.807) is 6.07 Å². The molecule has 0 fully saturated rings. The van der Waals surface area contributed by atoms with Crippen LogP contribution in [-0.2, 0) is 6.42 Å². The molecule has 13 heavy (non-hydrogen) atoms. The molecule has 0 aromatic heterocycles. The maximum atomic E-state index is 13.5. The van der Waals surface area contributed by atoms with E-state index >= 15 is 0 Å². The van der Waals surface area contributed by atoms with Crippen molar-refractivity contribution in [3.8, 4) is 0 Å².